The molecule has 0 saturated heterocycles. The molecule has 0 saturated carbocycles. The van der Waals surface area contributed by atoms with Gasteiger partial charge in [-0.05, 0) is 19.1 Å². The fourth-order valence-electron chi connectivity index (χ4n) is 1.92. The van der Waals surface area contributed by atoms with Crippen molar-refractivity contribution < 1.29 is 14.3 Å². The molecule has 1 amide bonds. The van der Waals surface area contributed by atoms with E-state index in [1.165, 1.54) is 0 Å². The van der Waals surface area contributed by atoms with E-state index in [1.807, 2.05) is 6.92 Å². The number of methoxy groups -OCH3 is 1. The molecule has 118 valence electrons. The SMILES string of the molecule is COc1ccc(C(=O)NCc2ncc(C)[nH]2)c(OCCN)c1. The van der Waals surface area contributed by atoms with Crippen molar-refractivity contribution in [3.8, 4) is 11.5 Å². The summed E-state index contributed by atoms with van der Waals surface area (Å²) >= 11 is 0. The highest BCUT2D eigenvalue weighted by atomic mass is 16.5. The first kappa shape index (κ1) is 15.8. The summed E-state index contributed by atoms with van der Waals surface area (Å²) in [5.41, 5.74) is 6.81. The van der Waals surface area contributed by atoms with Crippen molar-refractivity contribution in [1.82, 2.24) is 15.3 Å². The number of aromatic nitrogens is 2. The number of hydrogen-bond acceptors (Lipinski definition) is 5. The van der Waals surface area contributed by atoms with Crippen molar-refractivity contribution in [2.45, 2.75) is 13.5 Å². The average molecular weight is 304 g/mol. The third-order valence-electron chi connectivity index (χ3n) is 2.98. The fraction of sp³-hybridized carbons (Fsp3) is 0.333. The number of carbonyl (C=O) groups is 1. The summed E-state index contributed by atoms with van der Waals surface area (Å²) in [7, 11) is 1.56. The van der Waals surface area contributed by atoms with Gasteiger partial charge in [0.25, 0.3) is 5.91 Å². The Kier molecular flexibility index (Phi) is 5.37. The summed E-state index contributed by atoms with van der Waals surface area (Å²) in [4.78, 5) is 19.5. The summed E-state index contributed by atoms with van der Waals surface area (Å²) in [5, 5.41) is 2.80. The molecule has 1 heterocycles. The number of hydrogen-bond donors (Lipinski definition) is 3. The molecule has 7 heteroatoms. The maximum atomic E-state index is 12.3. The van der Waals surface area contributed by atoms with Crippen LogP contribution in [0.4, 0.5) is 0 Å². The lowest BCUT2D eigenvalue weighted by atomic mass is 10.1. The third kappa shape index (κ3) is 3.98. The Balaban J connectivity index is 2.09. The molecule has 1 aromatic carbocycles. The first-order valence-electron chi connectivity index (χ1n) is 6.93. The molecule has 0 aliphatic heterocycles. The van der Waals surface area contributed by atoms with Gasteiger partial charge in [-0.1, -0.05) is 0 Å². The summed E-state index contributed by atoms with van der Waals surface area (Å²) in [6.45, 7) is 2.91. The number of benzene rings is 1. The number of rotatable bonds is 7. The van der Waals surface area contributed by atoms with Crippen molar-refractivity contribution in [3.63, 3.8) is 0 Å². The molecule has 0 bridgehead atoms. The van der Waals surface area contributed by atoms with E-state index in [0.29, 0.717) is 42.6 Å². The van der Waals surface area contributed by atoms with Gasteiger partial charge in [0.05, 0.1) is 19.2 Å². The molecule has 22 heavy (non-hydrogen) atoms. The Morgan fingerprint density at radius 3 is 2.91 bits per heavy atom. The largest absolute Gasteiger partial charge is 0.497 e. The molecular formula is C15H20N4O3. The Labute approximate surface area is 128 Å². The predicted octanol–water partition coefficient (Wildman–Crippen LogP) is 0.994. The zero-order valence-corrected chi connectivity index (χ0v) is 12.7. The molecule has 0 spiro atoms. The number of aryl methyl sites for hydroxylation is 1. The second-order valence-corrected chi connectivity index (χ2v) is 4.69. The van der Waals surface area contributed by atoms with E-state index in [2.05, 4.69) is 15.3 Å². The quantitative estimate of drug-likeness (QED) is 0.708. The van der Waals surface area contributed by atoms with Gasteiger partial charge in [0.15, 0.2) is 0 Å². The Morgan fingerprint density at radius 1 is 1.45 bits per heavy atom. The highest BCUT2D eigenvalue weighted by Crippen LogP contribution is 2.24. The zero-order chi connectivity index (χ0) is 15.9. The fourth-order valence-corrected chi connectivity index (χ4v) is 1.92. The average Bonchev–Trinajstić information content (AvgIpc) is 2.95. The van der Waals surface area contributed by atoms with E-state index in [0.717, 1.165) is 5.69 Å². The van der Waals surface area contributed by atoms with Crippen LogP contribution >= 0.6 is 0 Å². The number of ether oxygens (including phenoxy) is 2. The van der Waals surface area contributed by atoms with E-state index in [4.69, 9.17) is 15.2 Å². The first-order chi connectivity index (χ1) is 10.6. The summed E-state index contributed by atoms with van der Waals surface area (Å²) in [6.07, 6.45) is 1.71. The van der Waals surface area contributed by atoms with E-state index in [1.54, 1.807) is 31.5 Å². The van der Waals surface area contributed by atoms with Crippen LogP contribution in [0.15, 0.2) is 24.4 Å². The van der Waals surface area contributed by atoms with E-state index >= 15 is 0 Å². The number of nitrogens with zero attached hydrogens (tertiary/aromatic N) is 1. The minimum absolute atomic E-state index is 0.247. The van der Waals surface area contributed by atoms with Crippen LogP contribution in [0.2, 0.25) is 0 Å². The lowest BCUT2D eigenvalue weighted by Crippen LogP contribution is -2.24. The molecule has 0 aliphatic carbocycles. The van der Waals surface area contributed by atoms with Gasteiger partial charge in [0.2, 0.25) is 0 Å². The predicted molar refractivity (Wildman–Crippen MR) is 82.0 cm³/mol. The molecule has 0 fully saturated rings. The van der Waals surface area contributed by atoms with Crippen molar-refractivity contribution >= 4 is 5.91 Å². The van der Waals surface area contributed by atoms with Crippen LogP contribution in [0, 0.1) is 6.92 Å². The summed E-state index contributed by atoms with van der Waals surface area (Å²) < 4.78 is 10.7. The van der Waals surface area contributed by atoms with E-state index < -0.39 is 0 Å². The van der Waals surface area contributed by atoms with Gasteiger partial charge < -0.3 is 25.5 Å². The number of nitrogens with two attached hydrogens (primary N) is 1. The Bertz CT molecular complexity index is 639. The number of H-pyrrole nitrogens is 1. The molecule has 0 radical (unpaired) electrons. The molecule has 7 nitrogen and oxygen atoms in total. The minimum atomic E-state index is -0.247. The highest BCUT2D eigenvalue weighted by Gasteiger charge is 2.14. The highest BCUT2D eigenvalue weighted by molar-refractivity contribution is 5.97. The molecule has 2 aromatic rings. The lowest BCUT2D eigenvalue weighted by molar-refractivity contribution is 0.0946. The zero-order valence-electron chi connectivity index (χ0n) is 12.7. The normalized spacial score (nSPS) is 10.3. The molecular weight excluding hydrogens is 284 g/mol. The summed E-state index contributed by atoms with van der Waals surface area (Å²) in [6, 6.07) is 5.04. The minimum Gasteiger partial charge on any atom is -0.497 e. The standard InChI is InChI=1S/C15H20N4O3/c1-10-8-17-14(19-10)9-18-15(20)12-4-3-11(21-2)7-13(12)22-6-5-16/h3-4,7-8H,5-6,9,16H2,1-2H3,(H,17,19)(H,18,20). The van der Waals surface area contributed by atoms with Crippen molar-refractivity contribution in [2.24, 2.45) is 5.73 Å². The monoisotopic (exact) mass is 304 g/mol. The smallest absolute Gasteiger partial charge is 0.255 e. The van der Waals surface area contributed by atoms with Gasteiger partial charge in [-0.25, -0.2) is 4.98 Å². The number of carbonyl (C=O) groups excluding carboxylic acids is 1. The number of amides is 1. The first-order valence-corrected chi connectivity index (χ1v) is 6.93. The number of nitrogens with one attached hydrogen (secondary N) is 2. The van der Waals surface area contributed by atoms with Crippen LogP contribution in [-0.2, 0) is 6.54 Å². The van der Waals surface area contributed by atoms with Gasteiger partial charge in [0, 0.05) is 24.5 Å². The van der Waals surface area contributed by atoms with Crippen LogP contribution in [0.5, 0.6) is 11.5 Å². The molecule has 4 N–H and O–H groups in total. The molecule has 0 atom stereocenters. The second-order valence-electron chi connectivity index (χ2n) is 4.69. The number of aromatic amines is 1. The van der Waals surface area contributed by atoms with Gasteiger partial charge in [-0.3, -0.25) is 4.79 Å². The van der Waals surface area contributed by atoms with Crippen molar-refractivity contribution in [1.29, 1.82) is 0 Å². The van der Waals surface area contributed by atoms with Gasteiger partial charge >= 0.3 is 0 Å². The van der Waals surface area contributed by atoms with Gasteiger partial charge in [-0.2, -0.15) is 0 Å². The van der Waals surface area contributed by atoms with Crippen LogP contribution in [-0.4, -0.2) is 36.1 Å². The van der Waals surface area contributed by atoms with Crippen molar-refractivity contribution in [3.05, 3.63) is 41.5 Å². The summed E-state index contributed by atoms with van der Waals surface area (Å²) in [5.74, 6) is 1.51. The van der Waals surface area contributed by atoms with Gasteiger partial charge in [0.1, 0.15) is 23.9 Å². The van der Waals surface area contributed by atoms with Crippen LogP contribution < -0.4 is 20.5 Å². The maximum absolute atomic E-state index is 12.3. The van der Waals surface area contributed by atoms with Gasteiger partial charge in [-0.15, -0.1) is 0 Å². The van der Waals surface area contributed by atoms with Crippen LogP contribution in [0.3, 0.4) is 0 Å². The van der Waals surface area contributed by atoms with Crippen LogP contribution in [0.25, 0.3) is 0 Å². The molecule has 2 rings (SSSR count). The molecule has 0 unspecified atom stereocenters. The van der Waals surface area contributed by atoms with E-state index in [-0.39, 0.29) is 5.91 Å². The maximum Gasteiger partial charge on any atom is 0.255 e. The molecule has 1 aromatic heterocycles. The number of imidazole rings is 1. The Hall–Kier alpha value is -2.54. The third-order valence-corrected chi connectivity index (χ3v) is 2.98. The second kappa shape index (κ2) is 7.46. The Morgan fingerprint density at radius 2 is 2.27 bits per heavy atom. The lowest BCUT2D eigenvalue weighted by Gasteiger charge is -2.12. The molecule has 0 aliphatic rings. The van der Waals surface area contributed by atoms with E-state index in [9.17, 15) is 4.79 Å². The van der Waals surface area contributed by atoms with Crippen molar-refractivity contribution in [2.75, 3.05) is 20.3 Å². The van der Waals surface area contributed by atoms with Crippen LogP contribution in [0.1, 0.15) is 21.9 Å². The topological polar surface area (TPSA) is 102 Å².